The van der Waals surface area contributed by atoms with Crippen molar-refractivity contribution >= 4 is 17.7 Å². The molecule has 86 valence electrons. The van der Waals surface area contributed by atoms with E-state index in [0.29, 0.717) is 17.9 Å². The third-order valence-corrected chi connectivity index (χ3v) is 2.85. The zero-order valence-electron chi connectivity index (χ0n) is 9.03. The molecule has 0 heterocycles. The molecular weight excluding hydrogens is 227 g/mol. The third kappa shape index (κ3) is 4.06. The normalized spacial score (nSPS) is 9.88. The molecule has 0 spiro atoms. The average molecular weight is 240 g/mol. The molecule has 0 aromatic heterocycles. The van der Waals surface area contributed by atoms with Crippen molar-refractivity contribution in [1.82, 2.24) is 0 Å². The molecule has 0 saturated heterocycles. The van der Waals surface area contributed by atoms with Crippen molar-refractivity contribution in [1.29, 1.82) is 0 Å². The van der Waals surface area contributed by atoms with Crippen molar-refractivity contribution in [2.45, 2.75) is 11.8 Å². The molecule has 1 rings (SSSR count). The smallest absolute Gasteiger partial charge is 0.334 e. The Morgan fingerprint density at radius 3 is 2.94 bits per heavy atom. The van der Waals surface area contributed by atoms with Crippen LogP contribution in [0.2, 0.25) is 0 Å². The first kappa shape index (κ1) is 12.8. The van der Waals surface area contributed by atoms with Crippen LogP contribution in [0.3, 0.4) is 0 Å². The van der Waals surface area contributed by atoms with E-state index in [-0.39, 0.29) is 5.82 Å². The summed E-state index contributed by atoms with van der Waals surface area (Å²) in [5, 5.41) is 0. The molecule has 1 aromatic carbocycles. The molecule has 0 aliphatic carbocycles. The Labute approximate surface area is 98.5 Å². The number of carbonyl (C=O) groups is 1. The maximum atomic E-state index is 12.8. The van der Waals surface area contributed by atoms with E-state index in [4.69, 9.17) is 4.74 Å². The fourth-order valence-electron chi connectivity index (χ4n) is 1.02. The molecule has 4 heteroatoms. The van der Waals surface area contributed by atoms with Gasteiger partial charge in [0.2, 0.25) is 0 Å². The number of hydrogen-bond acceptors (Lipinski definition) is 3. The SMILES string of the molecule is C=C(CSc1cccc(F)c1)C(=O)OCC. The minimum atomic E-state index is -0.397. The summed E-state index contributed by atoms with van der Waals surface area (Å²) < 4.78 is 17.6. The van der Waals surface area contributed by atoms with Crippen LogP contribution in [0.25, 0.3) is 0 Å². The predicted octanol–water partition coefficient (Wildman–Crippen LogP) is 3.04. The first-order valence-corrected chi connectivity index (χ1v) is 5.85. The minimum absolute atomic E-state index is 0.285. The van der Waals surface area contributed by atoms with Crippen LogP contribution in [0.15, 0.2) is 41.3 Å². The molecule has 1 aromatic rings. The van der Waals surface area contributed by atoms with Crippen LogP contribution in [0, 0.1) is 5.82 Å². The number of esters is 1. The van der Waals surface area contributed by atoms with Crippen LogP contribution >= 0.6 is 11.8 Å². The summed E-state index contributed by atoms with van der Waals surface area (Å²) in [6.45, 7) is 5.70. The molecule has 0 amide bonds. The summed E-state index contributed by atoms with van der Waals surface area (Å²) >= 11 is 1.36. The van der Waals surface area contributed by atoms with Crippen LogP contribution < -0.4 is 0 Å². The van der Waals surface area contributed by atoms with Gasteiger partial charge in [-0.2, -0.15) is 0 Å². The van der Waals surface area contributed by atoms with Crippen molar-refractivity contribution in [3.8, 4) is 0 Å². The summed E-state index contributed by atoms with van der Waals surface area (Å²) in [6.07, 6.45) is 0. The molecule has 0 N–H and O–H groups in total. The van der Waals surface area contributed by atoms with Crippen molar-refractivity contribution in [2.24, 2.45) is 0 Å². The highest BCUT2D eigenvalue weighted by Crippen LogP contribution is 2.20. The molecule has 0 aliphatic rings. The van der Waals surface area contributed by atoms with Crippen molar-refractivity contribution in [3.63, 3.8) is 0 Å². The highest BCUT2D eigenvalue weighted by atomic mass is 32.2. The summed E-state index contributed by atoms with van der Waals surface area (Å²) in [7, 11) is 0. The van der Waals surface area contributed by atoms with E-state index in [1.165, 1.54) is 23.9 Å². The van der Waals surface area contributed by atoms with Gasteiger partial charge in [0.25, 0.3) is 0 Å². The number of halogens is 1. The Hall–Kier alpha value is -1.29. The molecule has 2 nitrogen and oxygen atoms in total. The average Bonchev–Trinajstić information content (AvgIpc) is 2.26. The zero-order chi connectivity index (χ0) is 12.0. The van der Waals surface area contributed by atoms with Crippen LogP contribution in [0.4, 0.5) is 4.39 Å². The van der Waals surface area contributed by atoms with Crippen molar-refractivity contribution in [2.75, 3.05) is 12.4 Å². The van der Waals surface area contributed by atoms with Gasteiger partial charge in [-0.15, -0.1) is 11.8 Å². The summed E-state index contributed by atoms with van der Waals surface area (Å²) in [5.74, 6) is -0.277. The molecule has 0 radical (unpaired) electrons. The first-order valence-electron chi connectivity index (χ1n) is 4.86. The number of hydrogen-bond donors (Lipinski definition) is 0. The molecule has 0 bridgehead atoms. The van der Waals surface area contributed by atoms with Crippen LogP contribution in [0.1, 0.15) is 6.92 Å². The van der Waals surface area contributed by atoms with E-state index < -0.39 is 5.97 Å². The van der Waals surface area contributed by atoms with Crippen LogP contribution in [-0.2, 0) is 9.53 Å². The number of thioether (sulfide) groups is 1. The van der Waals surface area contributed by atoms with Gasteiger partial charge in [-0.3, -0.25) is 0 Å². The van der Waals surface area contributed by atoms with Crippen LogP contribution in [-0.4, -0.2) is 18.3 Å². The Kier molecular flexibility index (Phi) is 5.05. The molecule has 0 unspecified atom stereocenters. The second-order valence-corrected chi connectivity index (χ2v) is 4.12. The number of rotatable bonds is 5. The van der Waals surface area contributed by atoms with Gasteiger partial charge >= 0.3 is 5.97 Å². The Balaban J connectivity index is 2.46. The van der Waals surface area contributed by atoms with Gasteiger partial charge in [0.05, 0.1) is 6.61 Å². The van der Waals surface area contributed by atoms with Gasteiger partial charge in [-0.1, -0.05) is 12.6 Å². The van der Waals surface area contributed by atoms with E-state index in [9.17, 15) is 9.18 Å². The Morgan fingerprint density at radius 1 is 1.56 bits per heavy atom. The molecule has 0 fully saturated rings. The fraction of sp³-hybridized carbons (Fsp3) is 0.250. The summed E-state index contributed by atoms with van der Waals surface area (Å²) in [4.78, 5) is 12.0. The lowest BCUT2D eigenvalue weighted by Crippen LogP contribution is -2.08. The third-order valence-electron chi connectivity index (χ3n) is 1.77. The van der Waals surface area contributed by atoms with Crippen LogP contribution in [0.5, 0.6) is 0 Å². The van der Waals surface area contributed by atoms with E-state index in [1.54, 1.807) is 19.1 Å². The maximum absolute atomic E-state index is 12.8. The zero-order valence-corrected chi connectivity index (χ0v) is 9.85. The maximum Gasteiger partial charge on any atom is 0.334 e. The topological polar surface area (TPSA) is 26.3 Å². The summed E-state index contributed by atoms with van der Waals surface area (Å²) in [6, 6.07) is 6.21. The standard InChI is InChI=1S/C12H13FO2S/c1-3-15-12(14)9(2)8-16-11-6-4-5-10(13)7-11/h4-7H,2-3,8H2,1H3. The lowest BCUT2D eigenvalue weighted by atomic mass is 10.3. The van der Waals surface area contributed by atoms with Gasteiger partial charge in [0.15, 0.2) is 0 Å². The molecular formula is C12H13FO2S. The summed E-state index contributed by atoms with van der Waals surface area (Å²) in [5.41, 5.74) is 0.385. The lowest BCUT2D eigenvalue weighted by molar-refractivity contribution is -0.138. The monoisotopic (exact) mass is 240 g/mol. The van der Waals surface area contributed by atoms with E-state index in [1.807, 2.05) is 0 Å². The Morgan fingerprint density at radius 2 is 2.31 bits per heavy atom. The molecule has 0 aliphatic heterocycles. The quantitative estimate of drug-likeness (QED) is 0.449. The van der Waals surface area contributed by atoms with Gasteiger partial charge in [0.1, 0.15) is 5.82 Å². The number of carbonyl (C=O) groups excluding carboxylic acids is 1. The van der Waals surface area contributed by atoms with Gasteiger partial charge in [-0.05, 0) is 25.1 Å². The predicted molar refractivity (Wildman–Crippen MR) is 62.9 cm³/mol. The fourth-order valence-corrected chi connectivity index (χ4v) is 1.85. The minimum Gasteiger partial charge on any atom is -0.463 e. The second-order valence-electron chi connectivity index (χ2n) is 3.07. The molecule has 16 heavy (non-hydrogen) atoms. The van der Waals surface area contributed by atoms with Crippen molar-refractivity contribution in [3.05, 3.63) is 42.2 Å². The van der Waals surface area contributed by atoms with E-state index >= 15 is 0 Å². The van der Waals surface area contributed by atoms with Crippen molar-refractivity contribution < 1.29 is 13.9 Å². The van der Waals surface area contributed by atoms with Gasteiger partial charge in [-0.25, -0.2) is 9.18 Å². The lowest BCUT2D eigenvalue weighted by Gasteiger charge is -2.05. The van der Waals surface area contributed by atoms with E-state index in [0.717, 1.165) is 4.90 Å². The number of benzene rings is 1. The second kappa shape index (κ2) is 6.33. The molecule has 0 atom stereocenters. The molecule has 0 saturated carbocycles. The van der Waals surface area contributed by atoms with Gasteiger partial charge in [0, 0.05) is 16.2 Å². The Bertz CT molecular complexity index is 390. The first-order chi connectivity index (χ1) is 7.63. The highest BCUT2D eigenvalue weighted by Gasteiger charge is 2.08. The van der Waals surface area contributed by atoms with E-state index in [2.05, 4.69) is 6.58 Å². The van der Waals surface area contributed by atoms with Gasteiger partial charge < -0.3 is 4.74 Å². The number of ether oxygens (including phenoxy) is 1. The largest absolute Gasteiger partial charge is 0.463 e. The highest BCUT2D eigenvalue weighted by molar-refractivity contribution is 7.99.